The van der Waals surface area contributed by atoms with Gasteiger partial charge in [0.25, 0.3) is 0 Å². The van der Waals surface area contributed by atoms with Gasteiger partial charge in [-0.05, 0) is 38.1 Å². The lowest BCUT2D eigenvalue weighted by Gasteiger charge is -2.18. The normalized spacial score (nSPS) is 11.9. The van der Waals surface area contributed by atoms with Gasteiger partial charge < -0.3 is 14.5 Å². The van der Waals surface area contributed by atoms with Crippen LogP contribution >= 0.6 is 0 Å². The van der Waals surface area contributed by atoms with Gasteiger partial charge in [-0.25, -0.2) is 13.4 Å². The molecule has 144 valence electrons. The van der Waals surface area contributed by atoms with E-state index in [2.05, 4.69) is 9.97 Å². The Morgan fingerprint density at radius 3 is 2.44 bits per heavy atom. The molecule has 0 bridgehead atoms. The van der Waals surface area contributed by atoms with E-state index in [1.165, 1.54) is 23.5 Å². The fourth-order valence-corrected chi connectivity index (χ4v) is 3.90. The van der Waals surface area contributed by atoms with Gasteiger partial charge in [-0.1, -0.05) is 12.1 Å². The molecule has 8 heteroatoms. The van der Waals surface area contributed by atoms with Gasteiger partial charge in [-0.3, -0.25) is 0 Å². The Labute approximate surface area is 159 Å². The molecule has 2 aromatic carbocycles. The molecular formula is C19H23N3O4S. The smallest absolute Gasteiger partial charge is 0.243 e. The van der Waals surface area contributed by atoms with E-state index in [9.17, 15) is 8.42 Å². The Hall–Kier alpha value is -2.58. The van der Waals surface area contributed by atoms with Crippen molar-refractivity contribution in [2.24, 2.45) is 0 Å². The van der Waals surface area contributed by atoms with Crippen molar-refractivity contribution in [1.29, 1.82) is 0 Å². The quantitative estimate of drug-likeness (QED) is 0.640. The van der Waals surface area contributed by atoms with Crippen molar-refractivity contribution in [2.45, 2.75) is 25.3 Å². The Morgan fingerprint density at radius 1 is 1.04 bits per heavy atom. The molecule has 0 aliphatic rings. The molecule has 1 N–H and O–H groups in total. The number of nitrogens with one attached hydrogen (secondary N) is 1. The summed E-state index contributed by atoms with van der Waals surface area (Å²) in [7, 11) is -2.18. The zero-order chi connectivity index (χ0) is 19.4. The van der Waals surface area contributed by atoms with Crippen LogP contribution in [0.25, 0.3) is 11.0 Å². The molecule has 3 aromatic rings. The van der Waals surface area contributed by atoms with E-state index >= 15 is 0 Å². The van der Waals surface area contributed by atoms with Gasteiger partial charge >= 0.3 is 0 Å². The average molecular weight is 389 g/mol. The van der Waals surface area contributed by atoms with E-state index in [0.717, 1.165) is 11.0 Å². The Morgan fingerprint density at radius 2 is 1.74 bits per heavy atom. The SMILES string of the molecule is CCOc1ccc(S(=O)(=O)N(C)Cc2nc3ccccc3[nH]2)cc1OCC. The number of H-pyrrole nitrogens is 1. The number of aromatic nitrogens is 2. The largest absolute Gasteiger partial charge is 0.490 e. The van der Waals surface area contributed by atoms with Crippen molar-refractivity contribution >= 4 is 21.1 Å². The van der Waals surface area contributed by atoms with Crippen LogP contribution in [-0.2, 0) is 16.6 Å². The monoisotopic (exact) mass is 389 g/mol. The Bertz CT molecular complexity index is 997. The van der Waals surface area contributed by atoms with Crippen LogP contribution < -0.4 is 9.47 Å². The Kier molecular flexibility index (Phi) is 5.67. The number of sulfonamides is 1. The average Bonchev–Trinajstić information content (AvgIpc) is 3.05. The lowest BCUT2D eigenvalue weighted by Crippen LogP contribution is -2.27. The number of imidazole rings is 1. The number of ether oxygens (including phenoxy) is 2. The van der Waals surface area contributed by atoms with Gasteiger partial charge in [0.2, 0.25) is 10.0 Å². The molecule has 0 saturated carbocycles. The fourth-order valence-electron chi connectivity index (χ4n) is 2.75. The molecule has 0 saturated heterocycles. The number of para-hydroxylation sites is 2. The number of hydrogen-bond acceptors (Lipinski definition) is 5. The summed E-state index contributed by atoms with van der Waals surface area (Å²) in [6.45, 7) is 4.72. The number of hydrogen-bond donors (Lipinski definition) is 1. The summed E-state index contributed by atoms with van der Waals surface area (Å²) in [5.41, 5.74) is 1.68. The van der Waals surface area contributed by atoms with Crippen molar-refractivity contribution < 1.29 is 17.9 Å². The summed E-state index contributed by atoms with van der Waals surface area (Å²) >= 11 is 0. The molecular weight excluding hydrogens is 366 g/mol. The second-order valence-corrected chi connectivity index (χ2v) is 7.98. The summed E-state index contributed by atoms with van der Waals surface area (Å²) in [4.78, 5) is 7.73. The van der Waals surface area contributed by atoms with E-state index in [1.807, 2.05) is 38.1 Å². The summed E-state index contributed by atoms with van der Waals surface area (Å²) < 4.78 is 38.2. The summed E-state index contributed by atoms with van der Waals surface area (Å²) in [5.74, 6) is 1.52. The highest BCUT2D eigenvalue weighted by Crippen LogP contribution is 2.31. The number of nitrogens with zero attached hydrogens (tertiary/aromatic N) is 2. The Balaban J connectivity index is 1.86. The highest BCUT2D eigenvalue weighted by molar-refractivity contribution is 7.89. The highest BCUT2D eigenvalue weighted by Gasteiger charge is 2.24. The van der Waals surface area contributed by atoms with Crippen LogP contribution in [0.15, 0.2) is 47.4 Å². The van der Waals surface area contributed by atoms with Gasteiger partial charge in [0.05, 0.1) is 35.7 Å². The van der Waals surface area contributed by atoms with Crippen LogP contribution in [0.3, 0.4) is 0 Å². The van der Waals surface area contributed by atoms with E-state index in [1.54, 1.807) is 6.07 Å². The molecule has 0 spiro atoms. The minimum Gasteiger partial charge on any atom is -0.490 e. The van der Waals surface area contributed by atoms with Crippen LogP contribution in [0.5, 0.6) is 11.5 Å². The van der Waals surface area contributed by atoms with Crippen LogP contribution in [0, 0.1) is 0 Å². The van der Waals surface area contributed by atoms with Crippen molar-refractivity contribution in [3.63, 3.8) is 0 Å². The molecule has 7 nitrogen and oxygen atoms in total. The molecule has 0 fully saturated rings. The molecule has 0 amide bonds. The van der Waals surface area contributed by atoms with E-state index < -0.39 is 10.0 Å². The third-order valence-corrected chi connectivity index (χ3v) is 5.83. The minimum absolute atomic E-state index is 0.133. The first-order chi connectivity index (χ1) is 13.0. The fraction of sp³-hybridized carbons (Fsp3) is 0.316. The highest BCUT2D eigenvalue weighted by atomic mass is 32.2. The number of aromatic amines is 1. The van der Waals surface area contributed by atoms with Crippen molar-refractivity contribution in [3.8, 4) is 11.5 Å². The first-order valence-electron chi connectivity index (χ1n) is 8.75. The molecule has 0 aliphatic heterocycles. The van der Waals surface area contributed by atoms with Crippen molar-refractivity contribution in [3.05, 3.63) is 48.3 Å². The second-order valence-electron chi connectivity index (χ2n) is 5.94. The predicted molar refractivity (Wildman–Crippen MR) is 104 cm³/mol. The van der Waals surface area contributed by atoms with E-state index in [0.29, 0.717) is 30.5 Å². The zero-order valence-electron chi connectivity index (χ0n) is 15.6. The van der Waals surface area contributed by atoms with Gasteiger partial charge in [-0.2, -0.15) is 4.31 Å². The van der Waals surface area contributed by atoms with E-state index in [4.69, 9.17) is 9.47 Å². The lowest BCUT2D eigenvalue weighted by atomic mass is 10.3. The van der Waals surface area contributed by atoms with Crippen LogP contribution in [-0.4, -0.2) is 43.0 Å². The molecule has 1 heterocycles. The van der Waals surface area contributed by atoms with Gasteiger partial charge in [0, 0.05) is 13.1 Å². The maximum absolute atomic E-state index is 13.0. The third kappa shape index (κ3) is 4.06. The molecule has 0 aliphatic carbocycles. The topological polar surface area (TPSA) is 84.5 Å². The number of benzene rings is 2. The molecule has 0 radical (unpaired) electrons. The third-order valence-electron chi connectivity index (χ3n) is 4.03. The number of fused-ring (bicyclic) bond motifs is 1. The van der Waals surface area contributed by atoms with Crippen LogP contribution in [0.2, 0.25) is 0 Å². The summed E-state index contributed by atoms with van der Waals surface area (Å²) in [6.07, 6.45) is 0. The maximum Gasteiger partial charge on any atom is 0.243 e. The van der Waals surface area contributed by atoms with Crippen molar-refractivity contribution in [1.82, 2.24) is 14.3 Å². The molecule has 0 atom stereocenters. The van der Waals surface area contributed by atoms with Crippen LogP contribution in [0.1, 0.15) is 19.7 Å². The second kappa shape index (κ2) is 7.98. The minimum atomic E-state index is -3.71. The first kappa shape index (κ1) is 19.2. The molecule has 27 heavy (non-hydrogen) atoms. The van der Waals surface area contributed by atoms with E-state index in [-0.39, 0.29) is 11.4 Å². The first-order valence-corrected chi connectivity index (χ1v) is 10.2. The van der Waals surface area contributed by atoms with Gasteiger partial charge in [0.1, 0.15) is 5.82 Å². The predicted octanol–water partition coefficient (Wildman–Crippen LogP) is 3.18. The summed E-state index contributed by atoms with van der Waals surface area (Å²) in [5, 5.41) is 0. The number of rotatable bonds is 8. The maximum atomic E-state index is 13.0. The van der Waals surface area contributed by atoms with Gasteiger partial charge in [0.15, 0.2) is 11.5 Å². The molecule has 0 unspecified atom stereocenters. The van der Waals surface area contributed by atoms with Crippen molar-refractivity contribution in [2.75, 3.05) is 20.3 Å². The zero-order valence-corrected chi connectivity index (χ0v) is 16.4. The lowest BCUT2D eigenvalue weighted by molar-refractivity contribution is 0.287. The van der Waals surface area contributed by atoms with Gasteiger partial charge in [-0.15, -0.1) is 0 Å². The van der Waals surface area contributed by atoms with Crippen LogP contribution in [0.4, 0.5) is 0 Å². The standard InChI is InChI=1S/C19H23N3O4S/c1-4-25-17-11-10-14(12-18(17)26-5-2)27(23,24)22(3)13-19-20-15-8-6-7-9-16(15)21-19/h6-12H,4-5,13H2,1-3H3,(H,20,21). The summed E-state index contributed by atoms with van der Waals surface area (Å²) in [6, 6.07) is 12.2. The molecule has 3 rings (SSSR count). The molecule has 1 aromatic heterocycles.